The first-order valence-corrected chi connectivity index (χ1v) is 23.1. The molecule has 0 radical (unpaired) electrons. The molecular weight excluding hydrogens is 831 g/mol. The van der Waals surface area contributed by atoms with Gasteiger partial charge in [-0.1, -0.05) is 55.8 Å². The summed E-state index contributed by atoms with van der Waals surface area (Å²) in [5, 5.41) is 36.1. The monoisotopic (exact) mass is 893 g/mol. The molecule has 0 spiro atoms. The van der Waals surface area contributed by atoms with Gasteiger partial charge in [0.2, 0.25) is 11.7 Å². The fourth-order valence-electron chi connectivity index (χ4n) is 10.7. The number of aliphatic hydroxyl groups excluding tert-OH is 2. The number of nitro groups is 1. The van der Waals surface area contributed by atoms with Crippen molar-refractivity contribution in [3.63, 3.8) is 0 Å². The predicted molar refractivity (Wildman–Crippen MR) is 245 cm³/mol. The summed E-state index contributed by atoms with van der Waals surface area (Å²) in [6.45, 7) is 4.35. The molecule has 2 saturated carbocycles. The Morgan fingerprint density at radius 1 is 1.00 bits per heavy atom. The molecule has 1 heterocycles. The normalized spacial score (nSPS) is 24.0. The van der Waals surface area contributed by atoms with Crippen LogP contribution in [0.4, 0.5) is 5.69 Å². The molecule has 14 heteroatoms. The third-order valence-corrected chi connectivity index (χ3v) is 13.9. The molecular formula is C51H63N3O11. The minimum Gasteiger partial charge on any atom is -0.496 e. The first-order chi connectivity index (χ1) is 31.6. The van der Waals surface area contributed by atoms with Crippen LogP contribution >= 0.6 is 0 Å². The van der Waals surface area contributed by atoms with Gasteiger partial charge < -0.3 is 38.9 Å². The van der Waals surface area contributed by atoms with Crippen LogP contribution in [0.1, 0.15) is 111 Å². The van der Waals surface area contributed by atoms with E-state index in [0.717, 1.165) is 62.4 Å². The highest BCUT2D eigenvalue weighted by atomic mass is 16.7. The summed E-state index contributed by atoms with van der Waals surface area (Å²) < 4.78 is 26.2. The smallest absolute Gasteiger partial charge is 0.269 e. The van der Waals surface area contributed by atoms with Crippen molar-refractivity contribution >= 4 is 23.6 Å². The average molecular weight is 894 g/mol. The van der Waals surface area contributed by atoms with Gasteiger partial charge >= 0.3 is 0 Å². The van der Waals surface area contributed by atoms with Gasteiger partial charge in [-0.3, -0.25) is 19.7 Å². The standard InChI is InChI=1S/C51H63N3O11/c1-4-27-62-51-47(53(2)48(58)24-17-34-11-5-6-12-34)31-44(52-63-33-35-15-18-38(19-16-35)54(59)60)42-29-36(13-7-9-25-55)41(14-8-10-26-56)49(50(42)51)43-30-40(21-23-46(43)65-51)64-39-20-22-45(61-3)37(28-39)32-57/h4,15-16,18-23,28-30,32,34,36,41,47,49-50,55-56H,1,5-14,17,24-27,31,33H2,2-3H3/t36-,41+,47-,49+,50+,51+/m0/s1. The van der Waals surface area contributed by atoms with Crippen LogP contribution in [0.15, 0.2) is 90.1 Å². The van der Waals surface area contributed by atoms with Gasteiger partial charge in [-0.2, -0.15) is 0 Å². The molecule has 2 N–H and O–H groups in total. The number of carbonyl (C=O) groups is 2. The number of aliphatic hydroxyl groups is 2. The van der Waals surface area contributed by atoms with Crippen molar-refractivity contribution in [1.29, 1.82) is 0 Å². The van der Waals surface area contributed by atoms with Crippen LogP contribution in [-0.4, -0.2) is 83.7 Å². The topological polar surface area (TPSA) is 179 Å². The van der Waals surface area contributed by atoms with Gasteiger partial charge in [0.15, 0.2) is 6.29 Å². The Morgan fingerprint density at radius 2 is 1.72 bits per heavy atom. The van der Waals surface area contributed by atoms with Gasteiger partial charge in [0, 0.05) is 56.7 Å². The van der Waals surface area contributed by atoms with Crippen molar-refractivity contribution in [1.82, 2.24) is 4.90 Å². The number of benzene rings is 3. The Kier molecular flexibility index (Phi) is 16.1. The number of allylic oxidation sites excluding steroid dienone is 1. The van der Waals surface area contributed by atoms with E-state index in [2.05, 4.69) is 12.7 Å². The number of oxime groups is 1. The number of unbranched alkanes of at least 4 members (excludes halogenated alkanes) is 2. The molecule has 3 aliphatic carbocycles. The highest BCUT2D eigenvalue weighted by molar-refractivity contribution is 6.03. The van der Waals surface area contributed by atoms with Crippen LogP contribution in [0.3, 0.4) is 0 Å². The summed E-state index contributed by atoms with van der Waals surface area (Å²) in [5.74, 6) is 0.377. The van der Waals surface area contributed by atoms with E-state index in [9.17, 15) is 29.9 Å². The van der Waals surface area contributed by atoms with Crippen molar-refractivity contribution < 1.29 is 48.5 Å². The Bertz CT molecular complexity index is 2200. The molecule has 348 valence electrons. The Hall–Kier alpha value is -5.57. The first kappa shape index (κ1) is 47.4. The summed E-state index contributed by atoms with van der Waals surface area (Å²) in [6, 6.07) is 16.3. The summed E-state index contributed by atoms with van der Waals surface area (Å²) in [6.07, 6.45) is 15.2. The largest absolute Gasteiger partial charge is 0.496 e. The van der Waals surface area contributed by atoms with Gasteiger partial charge in [-0.05, 0) is 110 Å². The molecule has 1 amide bonds. The molecule has 0 unspecified atom stereocenters. The van der Waals surface area contributed by atoms with Gasteiger partial charge in [0.25, 0.3) is 5.69 Å². The second-order valence-electron chi connectivity index (χ2n) is 17.8. The summed E-state index contributed by atoms with van der Waals surface area (Å²) in [4.78, 5) is 45.3. The first-order valence-electron chi connectivity index (χ1n) is 23.1. The number of likely N-dealkylation sites (N-methyl/N-ethyl adjacent to an activating group) is 1. The van der Waals surface area contributed by atoms with Gasteiger partial charge in [0.1, 0.15) is 35.6 Å². The van der Waals surface area contributed by atoms with Crippen LogP contribution in [0.25, 0.3) is 0 Å². The van der Waals surface area contributed by atoms with Gasteiger partial charge in [-0.25, -0.2) is 0 Å². The number of carbonyl (C=O) groups excluding carboxylic acids is 2. The van der Waals surface area contributed by atoms with E-state index >= 15 is 0 Å². The van der Waals surface area contributed by atoms with Gasteiger partial charge in [-0.15, -0.1) is 6.58 Å². The number of hydrogen-bond acceptors (Lipinski definition) is 12. The van der Waals surface area contributed by atoms with E-state index in [4.69, 9.17) is 28.9 Å². The lowest BCUT2D eigenvalue weighted by atomic mass is 9.55. The average Bonchev–Trinajstić information content (AvgIpc) is 3.85. The third-order valence-electron chi connectivity index (χ3n) is 13.9. The van der Waals surface area contributed by atoms with E-state index in [0.29, 0.717) is 65.0 Å². The molecule has 3 aromatic rings. The lowest BCUT2D eigenvalue weighted by Gasteiger charge is -2.59. The van der Waals surface area contributed by atoms with Crippen molar-refractivity contribution in [2.24, 2.45) is 28.8 Å². The van der Waals surface area contributed by atoms with Gasteiger partial charge in [0.05, 0.1) is 35.8 Å². The quantitative estimate of drug-likeness (QED) is 0.0304. The predicted octanol–water partition coefficient (Wildman–Crippen LogP) is 9.47. The second kappa shape index (κ2) is 22.1. The van der Waals surface area contributed by atoms with Crippen LogP contribution in [-0.2, 0) is 21.0 Å². The number of rotatable bonds is 23. The maximum absolute atomic E-state index is 14.5. The van der Waals surface area contributed by atoms with E-state index < -0.39 is 22.7 Å². The number of nitro benzene ring substituents is 1. The maximum atomic E-state index is 14.5. The molecule has 0 bridgehead atoms. The van der Waals surface area contributed by atoms with E-state index in [1.54, 1.807) is 41.3 Å². The molecule has 2 fully saturated rings. The zero-order valence-electron chi connectivity index (χ0n) is 37.6. The maximum Gasteiger partial charge on any atom is 0.269 e. The van der Waals surface area contributed by atoms with Crippen LogP contribution < -0.4 is 14.2 Å². The fraction of sp³-hybridized carbons (Fsp3) is 0.510. The number of ether oxygens (including phenoxy) is 4. The molecule has 4 aliphatic rings. The molecule has 14 nitrogen and oxygen atoms in total. The number of amides is 1. The van der Waals surface area contributed by atoms with Crippen LogP contribution in [0.2, 0.25) is 0 Å². The Labute approximate surface area is 381 Å². The zero-order valence-corrected chi connectivity index (χ0v) is 37.6. The van der Waals surface area contributed by atoms with Crippen molar-refractivity contribution in [3.05, 3.63) is 112 Å². The minimum atomic E-state index is -1.39. The van der Waals surface area contributed by atoms with Crippen molar-refractivity contribution in [3.8, 4) is 23.0 Å². The van der Waals surface area contributed by atoms with E-state index in [-0.39, 0.29) is 62.2 Å². The lowest BCUT2D eigenvalue weighted by Crippen LogP contribution is -2.69. The van der Waals surface area contributed by atoms with Crippen molar-refractivity contribution in [2.45, 2.75) is 108 Å². The highest BCUT2D eigenvalue weighted by Gasteiger charge is 2.65. The number of aldehydes is 1. The molecule has 65 heavy (non-hydrogen) atoms. The van der Waals surface area contributed by atoms with Crippen molar-refractivity contribution in [2.75, 3.05) is 34.0 Å². The zero-order chi connectivity index (χ0) is 45.9. The third kappa shape index (κ3) is 10.6. The molecule has 6 atom stereocenters. The highest BCUT2D eigenvalue weighted by Crippen LogP contribution is 2.62. The number of fused-ring (bicyclic) bond motifs is 2. The molecule has 3 aromatic carbocycles. The summed E-state index contributed by atoms with van der Waals surface area (Å²) in [5.41, 5.74) is 3.47. The summed E-state index contributed by atoms with van der Waals surface area (Å²) in [7, 11) is 3.34. The summed E-state index contributed by atoms with van der Waals surface area (Å²) >= 11 is 0. The van der Waals surface area contributed by atoms with E-state index in [1.165, 1.54) is 32.1 Å². The number of nitrogens with zero attached hydrogens (tertiary/aromatic N) is 3. The molecule has 0 aromatic heterocycles. The molecule has 0 saturated heterocycles. The lowest BCUT2D eigenvalue weighted by molar-refractivity contribution is -0.384. The van der Waals surface area contributed by atoms with E-state index in [1.807, 2.05) is 25.2 Å². The number of non-ortho nitro benzene ring substituents is 1. The Balaban J connectivity index is 1.37. The van der Waals surface area contributed by atoms with Crippen LogP contribution in [0.5, 0.6) is 23.0 Å². The molecule has 7 rings (SSSR count). The molecule has 1 aliphatic heterocycles. The SMILES string of the molecule is C=CCO[C@@]12Oc3ccc(Oc4ccc(OC)c(C=O)c4)cc3[C@H]3[C@H](CCCCO)[C@@H](CCCCO)C=C(C(=NOCc4ccc([N+](=O)[O-])cc4)C[C@@H]1N(C)C(=O)CCC1CCCC1)[C@H]32. The minimum absolute atomic E-state index is 0.00523. The fourth-order valence-corrected chi connectivity index (χ4v) is 10.7. The number of methoxy groups -OCH3 is 1. The second-order valence-corrected chi connectivity index (χ2v) is 17.8. The van der Waals surface area contributed by atoms with Crippen LogP contribution in [0, 0.1) is 33.8 Å². The number of hydrogen-bond donors (Lipinski definition) is 2. The Morgan fingerprint density at radius 3 is 2.42 bits per heavy atom.